The van der Waals surface area contributed by atoms with Gasteiger partial charge in [-0.05, 0) is 36.3 Å². The van der Waals surface area contributed by atoms with Gasteiger partial charge in [-0.1, -0.05) is 20.8 Å². The Kier molecular flexibility index (Phi) is 3.03. The van der Waals surface area contributed by atoms with Crippen LogP contribution in [-0.4, -0.2) is 22.2 Å². The van der Waals surface area contributed by atoms with Crippen LogP contribution >= 0.6 is 0 Å². The summed E-state index contributed by atoms with van der Waals surface area (Å²) >= 11 is 0. The second-order valence-corrected chi connectivity index (χ2v) is 7.20. The van der Waals surface area contributed by atoms with Gasteiger partial charge in [-0.15, -0.1) is 0 Å². The molecule has 3 rings (SSSR count). The van der Waals surface area contributed by atoms with Gasteiger partial charge in [-0.3, -0.25) is 10.1 Å². The molecule has 2 aliphatic carbocycles. The summed E-state index contributed by atoms with van der Waals surface area (Å²) in [5.41, 5.74) is 0.957. The molecule has 5 nitrogen and oxygen atoms in total. The van der Waals surface area contributed by atoms with Crippen molar-refractivity contribution >= 4 is 11.4 Å². The van der Waals surface area contributed by atoms with Crippen molar-refractivity contribution in [3.63, 3.8) is 0 Å². The summed E-state index contributed by atoms with van der Waals surface area (Å²) < 4.78 is 0. The van der Waals surface area contributed by atoms with E-state index >= 15 is 0 Å². The van der Waals surface area contributed by atoms with Crippen LogP contribution in [0, 0.1) is 26.9 Å². The van der Waals surface area contributed by atoms with Crippen molar-refractivity contribution in [2.45, 2.75) is 45.8 Å². The van der Waals surface area contributed by atoms with Crippen LogP contribution in [0.25, 0.3) is 0 Å². The Hall–Kier alpha value is -1.62. The van der Waals surface area contributed by atoms with Crippen LogP contribution in [0.1, 0.15) is 33.6 Å². The van der Waals surface area contributed by atoms with Gasteiger partial charge in [0.2, 0.25) is 0 Å². The molecule has 0 heterocycles. The molecule has 2 saturated carbocycles. The molecule has 0 amide bonds. The molecule has 0 saturated heterocycles. The third kappa shape index (κ3) is 1.87. The zero-order valence-electron chi connectivity index (χ0n) is 12.7. The highest BCUT2D eigenvalue weighted by molar-refractivity contribution is 5.50. The predicted octanol–water partition coefficient (Wildman–Crippen LogP) is 3.19. The first-order valence-corrected chi connectivity index (χ1v) is 7.46. The Morgan fingerprint density at radius 1 is 1.29 bits per heavy atom. The van der Waals surface area contributed by atoms with Gasteiger partial charge >= 0.3 is 0 Å². The smallest absolute Gasteiger partial charge is 0.269 e. The van der Waals surface area contributed by atoms with Gasteiger partial charge in [-0.25, -0.2) is 0 Å². The summed E-state index contributed by atoms with van der Waals surface area (Å²) in [5.74, 6) is 0.424. The molecule has 2 bridgehead atoms. The van der Waals surface area contributed by atoms with E-state index in [0.717, 1.165) is 18.5 Å². The van der Waals surface area contributed by atoms with Crippen molar-refractivity contribution < 1.29 is 10.0 Å². The maximum atomic E-state index is 10.7. The van der Waals surface area contributed by atoms with Crippen molar-refractivity contribution in [3.05, 3.63) is 34.4 Å². The number of hydrogen-bond acceptors (Lipinski definition) is 4. The molecular weight excluding hydrogens is 268 g/mol. The largest absolute Gasteiger partial charge is 0.390 e. The molecule has 2 fully saturated rings. The number of benzene rings is 1. The van der Waals surface area contributed by atoms with E-state index < -0.39 is 4.92 Å². The van der Waals surface area contributed by atoms with Crippen molar-refractivity contribution in [1.82, 2.24) is 0 Å². The molecule has 0 aliphatic heterocycles. The van der Waals surface area contributed by atoms with Crippen LogP contribution in [0.3, 0.4) is 0 Å². The highest BCUT2D eigenvalue weighted by Crippen LogP contribution is 2.65. The Morgan fingerprint density at radius 3 is 2.38 bits per heavy atom. The zero-order valence-corrected chi connectivity index (χ0v) is 12.7. The number of nitro groups is 1. The zero-order chi connectivity index (χ0) is 15.4. The van der Waals surface area contributed by atoms with Crippen LogP contribution in [0.5, 0.6) is 0 Å². The van der Waals surface area contributed by atoms with Gasteiger partial charge in [0, 0.05) is 23.2 Å². The van der Waals surface area contributed by atoms with Crippen molar-refractivity contribution in [2.75, 3.05) is 5.32 Å². The third-order valence-electron chi connectivity index (χ3n) is 6.21. The van der Waals surface area contributed by atoms with Crippen LogP contribution in [0.2, 0.25) is 0 Å². The van der Waals surface area contributed by atoms with Crippen molar-refractivity contribution in [1.29, 1.82) is 0 Å². The molecule has 2 N–H and O–H groups in total. The number of nitro benzene ring substituents is 1. The standard InChI is InChI=1S/C16H22N2O3/c1-15(2)12-8-9-16(15,3)14(19)13(12)17-10-4-6-11(7-5-10)18(20)21/h4-7,12-14,17,19H,8-9H2,1-3H3/t12-,13+,14+,16+/m1/s1. The lowest BCUT2D eigenvalue weighted by Gasteiger charge is -2.37. The molecule has 114 valence electrons. The molecule has 1 aromatic rings. The SMILES string of the molecule is CC1(C)[C@@H]2CC[C@@]1(C)[C@@H](O)[C@H]2Nc1ccc([N+](=O)[O-])cc1. The summed E-state index contributed by atoms with van der Waals surface area (Å²) in [6.45, 7) is 6.66. The lowest BCUT2D eigenvalue weighted by molar-refractivity contribution is -0.384. The number of aliphatic hydroxyl groups excluding tert-OH is 1. The molecule has 5 heteroatoms. The number of aliphatic hydroxyl groups is 1. The lowest BCUT2D eigenvalue weighted by Crippen LogP contribution is -2.43. The Balaban J connectivity index is 1.82. The van der Waals surface area contributed by atoms with Crippen LogP contribution < -0.4 is 5.32 Å². The normalized spacial score (nSPS) is 36.7. The first-order valence-electron chi connectivity index (χ1n) is 7.46. The van der Waals surface area contributed by atoms with E-state index in [4.69, 9.17) is 0 Å². The van der Waals surface area contributed by atoms with Crippen LogP contribution in [-0.2, 0) is 0 Å². The summed E-state index contributed by atoms with van der Waals surface area (Å²) in [5, 5.41) is 24.8. The number of nitrogens with zero attached hydrogens (tertiary/aromatic N) is 1. The minimum absolute atomic E-state index is 0.0141. The number of non-ortho nitro benzene ring substituents is 1. The predicted molar refractivity (Wildman–Crippen MR) is 81.1 cm³/mol. The second kappa shape index (κ2) is 4.44. The fraction of sp³-hybridized carbons (Fsp3) is 0.625. The molecule has 0 aromatic heterocycles. The van der Waals surface area contributed by atoms with Crippen molar-refractivity contribution in [3.8, 4) is 0 Å². The summed E-state index contributed by atoms with van der Waals surface area (Å²) in [7, 11) is 0. The molecule has 1 aromatic carbocycles. The number of hydrogen-bond donors (Lipinski definition) is 2. The molecule has 4 atom stereocenters. The minimum Gasteiger partial charge on any atom is -0.390 e. The Morgan fingerprint density at radius 2 is 1.90 bits per heavy atom. The van der Waals surface area contributed by atoms with E-state index in [0.29, 0.717) is 5.92 Å². The average molecular weight is 290 g/mol. The summed E-state index contributed by atoms with van der Waals surface area (Å²) in [4.78, 5) is 10.3. The van der Waals surface area contributed by atoms with Gasteiger partial charge in [0.1, 0.15) is 0 Å². The lowest BCUT2D eigenvalue weighted by atomic mass is 9.70. The number of fused-ring (bicyclic) bond motifs is 2. The fourth-order valence-electron chi connectivity index (χ4n) is 4.39. The first kappa shape index (κ1) is 14.3. The molecule has 0 unspecified atom stereocenters. The first-order chi connectivity index (χ1) is 9.77. The topological polar surface area (TPSA) is 75.4 Å². The van der Waals surface area contributed by atoms with Gasteiger partial charge in [0.25, 0.3) is 5.69 Å². The highest BCUT2D eigenvalue weighted by Gasteiger charge is 2.65. The Labute approximate surface area is 124 Å². The molecule has 0 radical (unpaired) electrons. The highest BCUT2D eigenvalue weighted by atomic mass is 16.6. The number of rotatable bonds is 3. The average Bonchev–Trinajstić information content (AvgIpc) is 2.74. The summed E-state index contributed by atoms with van der Waals surface area (Å²) in [6.07, 6.45) is 1.79. The number of anilines is 1. The van der Waals surface area contributed by atoms with Crippen LogP contribution in [0.15, 0.2) is 24.3 Å². The second-order valence-electron chi connectivity index (χ2n) is 7.20. The van der Waals surface area contributed by atoms with Crippen LogP contribution in [0.4, 0.5) is 11.4 Å². The maximum absolute atomic E-state index is 10.7. The van der Waals surface area contributed by atoms with E-state index in [1.54, 1.807) is 12.1 Å². The molecule has 21 heavy (non-hydrogen) atoms. The maximum Gasteiger partial charge on any atom is 0.269 e. The molecule has 0 spiro atoms. The van der Waals surface area contributed by atoms with Gasteiger partial charge in [0.05, 0.1) is 17.1 Å². The molecular formula is C16H22N2O3. The van der Waals surface area contributed by atoms with Crippen molar-refractivity contribution in [2.24, 2.45) is 16.7 Å². The van der Waals surface area contributed by atoms with Gasteiger partial charge < -0.3 is 10.4 Å². The van der Waals surface area contributed by atoms with E-state index in [1.165, 1.54) is 12.1 Å². The third-order valence-corrected chi connectivity index (χ3v) is 6.21. The Bertz CT molecular complexity index is 569. The number of nitrogens with one attached hydrogen (secondary N) is 1. The summed E-state index contributed by atoms with van der Waals surface area (Å²) in [6, 6.07) is 6.43. The fourth-order valence-corrected chi connectivity index (χ4v) is 4.39. The van der Waals surface area contributed by atoms with E-state index in [1.807, 2.05) is 0 Å². The quantitative estimate of drug-likeness (QED) is 0.662. The monoisotopic (exact) mass is 290 g/mol. The van der Waals surface area contributed by atoms with Gasteiger partial charge in [0.15, 0.2) is 0 Å². The minimum atomic E-state index is -0.402. The molecule has 2 aliphatic rings. The van der Waals surface area contributed by atoms with E-state index in [-0.39, 0.29) is 28.7 Å². The van der Waals surface area contributed by atoms with E-state index in [2.05, 4.69) is 26.1 Å². The van der Waals surface area contributed by atoms with E-state index in [9.17, 15) is 15.2 Å². The van der Waals surface area contributed by atoms with Gasteiger partial charge in [-0.2, -0.15) is 0 Å².